The summed E-state index contributed by atoms with van der Waals surface area (Å²) in [4.78, 5) is 20.8. The SMILES string of the molecule is CC(C)CC(N)C(=O)NC[C]=O. The van der Waals surface area contributed by atoms with Crippen LogP contribution in [0.3, 0.4) is 0 Å². The maximum atomic E-state index is 11.0. The molecule has 69 valence electrons. The van der Waals surface area contributed by atoms with Crippen LogP contribution in [0, 0.1) is 5.92 Å². The van der Waals surface area contributed by atoms with E-state index >= 15 is 0 Å². The Morgan fingerprint density at radius 1 is 1.58 bits per heavy atom. The largest absolute Gasteiger partial charge is 0.347 e. The van der Waals surface area contributed by atoms with Crippen molar-refractivity contribution in [2.75, 3.05) is 6.54 Å². The number of nitrogens with two attached hydrogens (primary N) is 1. The Morgan fingerprint density at radius 3 is 2.58 bits per heavy atom. The van der Waals surface area contributed by atoms with Gasteiger partial charge in [-0.2, -0.15) is 0 Å². The topological polar surface area (TPSA) is 72.2 Å². The predicted molar refractivity (Wildman–Crippen MR) is 46.1 cm³/mol. The van der Waals surface area contributed by atoms with Gasteiger partial charge in [-0.3, -0.25) is 9.59 Å². The van der Waals surface area contributed by atoms with Crippen LogP contribution in [0.15, 0.2) is 0 Å². The quantitative estimate of drug-likeness (QED) is 0.590. The lowest BCUT2D eigenvalue weighted by Gasteiger charge is -2.12. The molecule has 1 atom stereocenters. The summed E-state index contributed by atoms with van der Waals surface area (Å²) in [6, 6.07) is -0.515. The molecule has 0 rings (SSSR count). The third-order valence-electron chi connectivity index (χ3n) is 1.40. The van der Waals surface area contributed by atoms with Gasteiger partial charge in [0.15, 0.2) is 0 Å². The molecule has 0 saturated carbocycles. The third-order valence-corrected chi connectivity index (χ3v) is 1.40. The molecule has 1 radical (unpaired) electrons. The van der Waals surface area contributed by atoms with Crippen LogP contribution in [0.25, 0.3) is 0 Å². The monoisotopic (exact) mass is 171 g/mol. The highest BCUT2D eigenvalue weighted by molar-refractivity contribution is 5.83. The molecule has 1 amide bonds. The molecule has 0 heterocycles. The molecular formula is C8H15N2O2. The van der Waals surface area contributed by atoms with Gasteiger partial charge in [0, 0.05) is 0 Å². The second kappa shape index (κ2) is 5.71. The van der Waals surface area contributed by atoms with E-state index in [9.17, 15) is 9.59 Å². The summed E-state index contributed by atoms with van der Waals surface area (Å²) in [6.07, 6.45) is 2.20. The molecule has 4 heteroatoms. The smallest absolute Gasteiger partial charge is 0.237 e. The maximum absolute atomic E-state index is 11.0. The van der Waals surface area contributed by atoms with E-state index in [0.29, 0.717) is 12.3 Å². The fraction of sp³-hybridized carbons (Fsp3) is 0.750. The Balaban J connectivity index is 3.68. The molecule has 3 N–H and O–H groups in total. The van der Waals surface area contributed by atoms with Crippen LogP contribution in [0.5, 0.6) is 0 Å². The van der Waals surface area contributed by atoms with E-state index in [1.807, 2.05) is 13.8 Å². The number of hydrogen-bond donors (Lipinski definition) is 2. The molecule has 0 spiro atoms. The molecule has 0 aromatic heterocycles. The molecular weight excluding hydrogens is 156 g/mol. The van der Waals surface area contributed by atoms with Gasteiger partial charge in [0.1, 0.15) is 0 Å². The van der Waals surface area contributed by atoms with Gasteiger partial charge in [0.2, 0.25) is 12.2 Å². The van der Waals surface area contributed by atoms with Crippen molar-refractivity contribution < 1.29 is 9.59 Å². The molecule has 0 saturated heterocycles. The van der Waals surface area contributed by atoms with Gasteiger partial charge in [0.25, 0.3) is 0 Å². The second-order valence-corrected chi connectivity index (χ2v) is 3.10. The standard InChI is InChI=1S/C8H15N2O2/c1-6(2)5-7(9)8(12)10-3-4-11/h6-7H,3,5,9H2,1-2H3,(H,10,12). The summed E-state index contributed by atoms with van der Waals surface area (Å²) in [5.41, 5.74) is 5.52. The van der Waals surface area contributed by atoms with Crippen LogP contribution in [-0.2, 0) is 9.59 Å². The molecule has 0 aliphatic heterocycles. The Bertz CT molecular complexity index is 157. The van der Waals surface area contributed by atoms with Crippen LogP contribution in [0.2, 0.25) is 0 Å². The van der Waals surface area contributed by atoms with Gasteiger partial charge in [0.05, 0.1) is 12.6 Å². The second-order valence-electron chi connectivity index (χ2n) is 3.10. The number of carbonyl (C=O) groups excluding carboxylic acids is 2. The summed E-state index contributed by atoms with van der Waals surface area (Å²) < 4.78 is 0. The Labute approximate surface area is 72.5 Å². The normalized spacial score (nSPS) is 12.7. The van der Waals surface area contributed by atoms with Crippen molar-refractivity contribution in [3.63, 3.8) is 0 Å². The zero-order valence-corrected chi connectivity index (χ0v) is 7.46. The van der Waals surface area contributed by atoms with E-state index in [2.05, 4.69) is 5.32 Å². The van der Waals surface area contributed by atoms with Crippen molar-refractivity contribution in [3.8, 4) is 0 Å². The first-order chi connectivity index (χ1) is 5.57. The van der Waals surface area contributed by atoms with Gasteiger partial charge < -0.3 is 11.1 Å². The summed E-state index contributed by atoms with van der Waals surface area (Å²) >= 11 is 0. The Hall–Kier alpha value is -0.900. The molecule has 0 aromatic rings. The van der Waals surface area contributed by atoms with Gasteiger partial charge in [-0.05, 0) is 12.3 Å². The first-order valence-corrected chi connectivity index (χ1v) is 3.96. The first kappa shape index (κ1) is 11.1. The highest BCUT2D eigenvalue weighted by atomic mass is 16.2. The highest BCUT2D eigenvalue weighted by Gasteiger charge is 2.13. The van der Waals surface area contributed by atoms with Crippen LogP contribution in [0.1, 0.15) is 20.3 Å². The van der Waals surface area contributed by atoms with E-state index < -0.39 is 6.04 Å². The fourth-order valence-electron chi connectivity index (χ4n) is 0.869. The van der Waals surface area contributed by atoms with Gasteiger partial charge in [-0.25, -0.2) is 0 Å². The minimum absolute atomic E-state index is 0.0787. The number of rotatable bonds is 5. The number of amides is 1. The first-order valence-electron chi connectivity index (χ1n) is 3.96. The highest BCUT2D eigenvalue weighted by Crippen LogP contribution is 2.01. The van der Waals surface area contributed by atoms with E-state index in [1.165, 1.54) is 0 Å². The summed E-state index contributed by atoms with van der Waals surface area (Å²) in [5, 5.41) is 2.35. The molecule has 0 aromatic carbocycles. The summed E-state index contributed by atoms with van der Waals surface area (Å²) in [6.45, 7) is 3.89. The van der Waals surface area contributed by atoms with Crippen molar-refractivity contribution >= 4 is 12.2 Å². The molecule has 4 nitrogen and oxygen atoms in total. The lowest BCUT2D eigenvalue weighted by Crippen LogP contribution is -2.41. The predicted octanol–water partition coefficient (Wildman–Crippen LogP) is -0.414. The van der Waals surface area contributed by atoms with E-state index in [-0.39, 0.29) is 12.5 Å². The lowest BCUT2D eigenvalue weighted by molar-refractivity contribution is -0.122. The summed E-state index contributed by atoms with van der Waals surface area (Å²) in [5.74, 6) is 0.0954. The third kappa shape index (κ3) is 4.85. The molecule has 0 bridgehead atoms. The number of nitrogens with one attached hydrogen (secondary N) is 1. The van der Waals surface area contributed by atoms with Crippen molar-refractivity contribution in [2.24, 2.45) is 11.7 Å². The molecule has 0 aliphatic rings. The fourth-order valence-corrected chi connectivity index (χ4v) is 0.869. The molecule has 1 unspecified atom stereocenters. The van der Waals surface area contributed by atoms with E-state index in [1.54, 1.807) is 6.29 Å². The zero-order valence-electron chi connectivity index (χ0n) is 7.46. The Morgan fingerprint density at radius 2 is 2.17 bits per heavy atom. The van der Waals surface area contributed by atoms with Gasteiger partial charge >= 0.3 is 0 Å². The van der Waals surface area contributed by atoms with Crippen LogP contribution < -0.4 is 11.1 Å². The minimum atomic E-state index is -0.515. The van der Waals surface area contributed by atoms with E-state index in [0.717, 1.165) is 0 Å². The average Bonchev–Trinajstić information content (AvgIpc) is 1.98. The van der Waals surface area contributed by atoms with Crippen LogP contribution in [0.4, 0.5) is 0 Å². The van der Waals surface area contributed by atoms with Gasteiger partial charge in [-0.1, -0.05) is 13.8 Å². The Kier molecular flexibility index (Phi) is 5.28. The van der Waals surface area contributed by atoms with Crippen LogP contribution in [-0.4, -0.2) is 24.8 Å². The average molecular weight is 171 g/mol. The number of carbonyl (C=O) groups is 1. The zero-order chi connectivity index (χ0) is 9.56. The van der Waals surface area contributed by atoms with E-state index in [4.69, 9.17) is 5.73 Å². The lowest BCUT2D eigenvalue weighted by atomic mass is 10.0. The molecule has 0 fully saturated rings. The van der Waals surface area contributed by atoms with Crippen molar-refractivity contribution in [2.45, 2.75) is 26.3 Å². The van der Waals surface area contributed by atoms with Crippen LogP contribution >= 0.6 is 0 Å². The van der Waals surface area contributed by atoms with Crippen molar-refractivity contribution in [1.29, 1.82) is 0 Å². The van der Waals surface area contributed by atoms with Gasteiger partial charge in [-0.15, -0.1) is 0 Å². The maximum Gasteiger partial charge on any atom is 0.237 e. The summed E-state index contributed by atoms with van der Waals surface area (Å²) in [7, 11) is 0. The molecule has 12 heavy (non-hydrogen) atoms. The van der Waals surface area contributed by atoms with Crippen molar-refractivity contribution in [3.05, 3.63) is 0 Å². The minimum Gasteiger partial charge on any atom is -0.347 e. The van der Waals surface area contributed by atoms with Crippen molar-refractivity contribution in [1.82, 2.24) is 5.32 Å². The number of hydrogen-bond acceptors (Lipinski definition) is 3. The molecule has 0 aliphatic carbocycles.